The van der Waals surface area contributed by atoms with Crippen molar-refractivity contribution in [1.29, 1.82) is 0 Å². The van der Waals surface area contributed by atoms with Crippen LogP contribution in [-0.4, -0.2) is 16.1 Å². The van der Waals surface area contributed by atoms with Crippen molar-refractivity contribution in [1.82, 2.24) is 9.97 Å². The van der Waals surface area contributed by atoms with E-state index in [0.29, 0.717) is 17.1 Å². The normalized spacial score (nSPS) is 33.2. The lowest BCUT2D eigenvalue weighted by molar-refractivity contribution is 0.0271. The molecule has 21 heavy (non-hydrogen) atoms. The number of aromatic nitrogens is 2. The first-order valence-electron chi connectivity index (χ1n) is 7.92. The molecule has 3 unspecified atom stereocenters. The molecule has 2 bridgehead atoms. The molecule has 5 heteroatoms. The van der Waals surface area contributed by atoms with Gasteiger partial charge < -0.3 is 10.2 Å². The van der Waals surface area contributed by atoms with Crippen LogP contribution in [0.2, 0.25) is 0 Å². The van der Waals surface area contributed by atoms with Gasteiger partial charge in [0.25, 0.3) is 0 Å². The molecule has 0 saturated heterocycles. The number of hydrogen-bond donors (Lipinski definition) is 2. The maximum Gasteiger partial charge on any atom is 0.219 e. The van der Waals surface area contributed by atoms with E-state index in [1.54, 1.807) is 6.07 Å². The maximum atomic E-state index is 6.29. The lowest BCUT2D eigenvalue weighted by Gasteiger charge is -2.38. The third-order valence-electron chi connectivity index (χ3n) is 6.19. The molecule has 0 spiro atoms. The van der Waals surface area contributed by atoms with Crippen LogP contribution >= 0.6 is 0 Å². The molecule has 3 rings (SSSR count). The van der Waals surface area contributed by atoms with Gasteiger partial charge in [-0.2, -0.15) is 4.98 Å². The quantitative estimate of drug-likeness (QED) is 0.659. The minimum absolute atomic E-state index is 0.227. The Morgan fingerprint density at radius 2 is 2.14 bits per heavy atom. The fourth-order valence-corrected chi connectivity index (χ4v) is 4.22. The molecule has 2 saturated carbocycles. The van der Waals surface area contributed by atoms with E-state index in [0.717, 1.165) is 24.6 Å². The van der Waals surface area contributed by atoms with E-state index in [1.807, 2.05) is 6.92 Å². The molecule has 3 N–H and O–H groups in total. The van der Waals surface area contributed by atoms with E-state index in [4.69, 9.17) is 10.6 Å². The molecule has 1 aromatic heterocycles. The van der Waals surface area contributed by atoms with Crippen LogP contribution in [-0.2, 0) is 6.42 Å². The number of aryl methyl sites for hydroxylation is 1. The van der Waals surface area contributed by atoms with Crippen LogP contribution in [0, 0.1) is 16.7 Å². The van der Waals surface area contributed by atoms with Gasteiger partial charge >= 0.3 is 0 Å². The zero-order valence-corrected chi connectivity index (χ0v) is 13.4. The van der Waals surface area contributed by atoms with Crippen LogP contribution in [0.25, 0.3) is 0 Å². The Kier molecular flexibility index (Phi) is 3.35. The van der Waals surface area contributed by atoms with Crippen LogP contribution < -0.4 is 16.0 Å². The number of nitrogens with two attached hydrogens (primary N) is 1. The lowest BCUT2D eigenvalue weighted by atomic mass is 9.70. The maximum absolute atomic E-state index is 6.29. The molecule has 2 aliphatic carbocycles. The van der Waals surface area contributed by atoms with E-state index < -0.39 is 0 Å². The van der Waals surface area contributed by atoms with Gasteiger partial charge in [-0.25, -0.2) is 10.8 Å². The van der Waals surface area contributed by atoms with Gasteiger partial charge in [0.2, 0.25) is 5.88 Å². The van der Waals surface area contributed by atoms with Crippen LogP contribution in [0.15, 0.2) is 6.07 Å². The zero-order chi connectivity index (χ0) is 15.3. The molecule has 116 valence electrons. The summed E-state index contributed by atoms with van der Waals surface area (Å²) < 4.78 is 6.29. The minimum atomic E-state index is 0.227. The number of hydrazine groups is 1. The van der Waals surface area contributed by atoms with Gasteiger partial charge in [-0.15, -0.1) is 0 Å². The molecular formula is C16H26N4O. The van der Waals surface area contributed by atoms with Crippen molar-refractivity contribution < 1.29 is 4.74 Å². The zero-order valence-electron chi connectivity index (χ0n) is 13.4. The number of nitrogens with zero attached hydrogens (tertiary/aromatic N) is 2. The number of ether oxygens (including phenoxy) is 1. The molecule has 1 aromatic rings. The third-order valence-corrected chi connectivity index (χ3v) is 6.19. The summed E-state index contributed by atoms with van der Waals surface area (Å²) in [4.78, 5) is 8.81. The van der Waals surface area contributed by atoms with E-state index in [2.05, 4.69) is 36.2 Å². The average Bonchev–Trinajstić information content (AvgIpc) is 2.80. The van der Waals surface area contributed by atoms with Crippen molar-refractivity contribution in [2.24, 2.45) is 22.6 Å². The van der Waals surface area contributed by atoms with E-state index in [9.17, 15) is 0 Å². The largest absolute Gasteiger partial charge is 0.474 e. The molecule has 2 aliphatic rings. The Balaban J connectivity index is 1.85. The summed E-state index contributed by atoms with van der Waals surface area (Å²) >= 11 is 0. The highest BCUT2D eigenvalue weighted by Crippen LogP contribution is 2.66. The number of anilines is 1. The predicted octanol–water partition coefficient (Wildman–Crippen LogP) is 2.92. The fourth-order valence-electron chi connectivity index (χ4n) is 4.22. The first-order chi connectivity index (χ1) is 9.90. The van der Waals surface area contributed by atoms with Gasteiger partial charge in [0.05, 0.1) is 0 Å². The van der Waals surface area contributed by atoms with E-state index in [-0.39, 0.29) is 11.5 Å². The van der Waals surface area contributed by atoms with Crippen molar-refractivity contribution in [2.45, 2.75) is 59.5 Å². The lowest BCUT2D eigenvalue weighted by Crippen LogP contribution is -2.39. The first-order valence-corrected chi connectivity index (χ1v) is 7.92. The monoisotopic (exact) mass is 290 g/mol. The summed E-state index contributed by atoms with van der Waals surface area (Å²) in [6.07, 6.45) is 4.69. The molecule has 0 aliphatic heterocycles. The molecular weight excluding hydrogens is 264 g/mol. The van der Waals surface area contributed by atoms with Gasteiger partial charge in [0, 0.05) is 17.9 Å². The third kappa shape index (κ3) is 2.09. The van der Waals surface area contributed by atoms with Crippen LogP contribution in [0.1, 0.15) is 52.8 Å². The van der Waals surface area contributed by atoms with Crippen LogP contribution in [0.4, 0.5) is 5.82 Å². The number of nitrogens with one attached hydrogen (secondary N) is 1. The smallest absolute Gasteiger partial charge is 0.219 e. The van der Waals surface area contributed by atoms with E-state index in [1.165, 1.54) is 12.8 Å². The Morgan fingerprint density at radius 1 is 1.38 bits per heavy atom. The molecule has 0 amide bonds. The highest BCUT2D eigenvalue weighted by Gasteiger charge is 2.62. The highest BCUT2D eigenvalue weighted by molar-refractivity contribution is 5.37. The van der Waals surface area contributed by atoms with Crippen LogP contribution in [0.5, 0.6) is 5.88 Å². The predicted molar refractivity (Wildman–Crippen MR) is 82.9 cm³/mol. The van der Waals surface area contributed by atoms with Gasteiger partial charge in [0.15, 0.2) is 0 Å². The second kappa shape index (κ2) is 4.83. The number of rotatable bonds is 4. The van der Waals surface area contributed by atoms with Gasteiger partial charge in [-0.1, -0.05) is 27.7 Å². The van der Waals surface area contributed by atoms with Crippen molar-refractivity contribution in [2.75, 3.05) is 5.43 Å². The SMILES string of the molecule is CCc1nc(NN)cc(OC2CC3CCC2(C)C3(C)C)n1. The average molecular weight is 290 g/mol. The first kappa shape index (κ1) is 14.6. The summed E-state index contributed by atoms with van der Waals surface area (Å²) in [7, 11) is 0. The van der Waals surface area contributed by atoms with E-state index >= 15 is 0 Å². The summed E-state index contributed by atoms with van der Waals surface area (Å²) in [6.45, 7) is 9.17. The Hall–Kier alpha value is -1.36. The Morgan fingerprint density at radius 3 is 2.67 bits per heavy atom. The summed E-state index contributed by atoms with van der Waals surface area (Å²) in [5.41, 5.74) is 3.16. The van der Waals surface area contributed by atoms with Crippen LogP contribution in [0.3, 0.4) is 0 Å². The number of fused-ring (bicyclic) bond motifs is 2. The number of hydrogen-bond acceptors (Lipinski definition) is 5. The minimum Gasteiger partial charge on any atom is -0.474 e. The van der Waals surface area contributed by atoms with Crippen molar-refractivity contribution in [3.05, 3.63) is 11.9 Å². The Labute approximate surface area is 126 Å². The fraction of sp³-hybridized carbons (Fsp3) is 0.750. The molecule has 1 heterocycles. The second-order valence-corrected chi connectivity index (χ2v) is 7.22. The van der Waals surface area contributed by atoms with Crippen molar-refractivity contribution >= 4 is 5.82 Å². The van der Waals surface area contributed by atoms with Crippen molar-refractivity contribution in [3.8, 4) is 5.88 Å². The van der Waals surface area contributed by atoms with Gasteiger partial charge in [0.1, 0.15) is 17.7 Å². The molecule has 2 fully saturated rings. The van der Waals surface area contributed by atoms with Gasteiger partial charge in [-0.05, 0) is 30.6 Å². The Bertz CT molecular complexity index is 523. The standard InChI is InChI=1S/C16H26N4O/c1-5-12-18-13(20-17)9-14(19-12)21-11-8-10-6-7-16(11,4)15(10,2)3/h9-11H,5-8,17H2,1-4H3,(H,18,19,20). The molecule has 0 aromatic carbocycles. The second-order valence-electron chi connectivity index (χ2n) is 7.22. The summed E-state index contributed by atoms with van der Waals surface area (Å²) in [5.74, 6) is 8.26. The highest BCUT2D eigenvalue weighted by atomic mass is 16.5. The van der Waals surface area contributed by atoms with Crippen molar-refractivity contribution in [3.63, 3.8) is 0 Å². The number of nitrogen functional groups attached to an aromatic ring is 1. The van der Waals surface area contributed by atoms with Gasteiger partial charge in [-0.3, -0.25) is 0 Å². The molecule has 5 nitrogen and oxygen atoms in total. The summed E-state index contributed by atoms with van der Waals surface area (Å²) in [6, 6.07) is 1.79. The summed E-state index contributed by atoms with van der Waals surface area (Å²) in [5, 5.41) is 0. The topological polar surface area (TPSA) is 73.1 Å². The molecule has 0 radical (unpaired) electrons. The molecule has 3 atom stereocenters.